The molecule has 28 heavy (non-hydrogen) atoms. The molecule has 0 saturated heterocycles. The number of pyridine rings is 1. The average molecular weight is 388 g/mol. The zero-order valence-corrected chi connectivity index (χ0v) is 16.4. The van der Waals surface area contributed by atoms with Crippen molar-refractivity contribution in [2.45, 2.75) is 24.1 Å². The first kappa shape index (κ1) is 18.3. The Morgan fingerprint density at radius 1 is 1.07 bits per heavy atom. The third-order valence-electron chi connectivity index (χ3n) is 4.59. The molecule has 140 valence electrons. The molecule has 4 aromatic rings. The molecule has 0 aliphatic heterocycles. The van der Waals surface area contributed by atoms with Gasteiger partial charge in [-0.15, -0.1) is 11.8 Å². The van der Waals surface area contributed by atoms with E-state index in [9.17, 15) is 4.79 Å². The fourth-order valence-corrected chi connectivity index (χ4v) is 4.02. The number of aromatic nitrogens is 2. The Balaban J connectivity index is 1.37. The first-order valence-corrected chi connectivity index (χ1v) is 10.1. The van der Waals surface area contributed by atoms with Crippen molar-refractivity contribution >= 4 is 34.3 Å². The van der Waals surface area contributed by atoms with Gasteiger partial charge in [-0.2, -0.15) is 0 Å². The van der Waals surface area contributed by atoms with E-state index in [2.05, 4.69) is 28.5 Å². The highest BCUT2D eigenvalue weighted by atomic mass is 32.2. The lowest BCUT2D eigenvalue weighted by molar-refractivity contribution is -0.116. The van der Waals surface area contributed by atoms with Gasteiger partial charge in [0.2, 0.25) is 5.91 Å². The molecule has 4 nitrogen and oxygen atoms in total. The van der Waals surface area contributed by atoms with Crippen LogP contribution < -0.4 is 5.32 Å². The maximum Gasteiger partial charge on any atom is 0.244 e. The zero-order valence-electron chi connectivity index (χ0n) is 15.6. The zero-order chi connectivity index (χ0) is 19.3. The van der Waals surface area contributed by atoms with E-state index >= 15 is 0 Å². The summed E-state index contributed by atoms with van der Waals surface area (Å²) < 4.78 is 2.04. The minimum atomic E-state index is -0.0276. The van der Waals surface area contributed by atoms with Crippen molar-refractivity contribution in [3.8, 4) is 0 Å². The van der Waals surface area contributed by atoms with Crippen molar-refractivity contribution in [1.82, 2.24) is 9.55 Å². The number of carbonyl (C=O) groups excluding carboxylic acids is 1. The molecule has 2 heterocycles. The van der Waals surface area contributed by atoms with Gasteiger partial charge in [-0.3, -0.25) is 9.78 Å². The van der Waals surface area contributed by atoms with Gasteiger partial charge in [0.05, 0.1) is 0 Å². The quantitative estimate of drug-likeness (QED) is 0.458. The number of carbonyl (C=O) groups is 1. The van der Waals surface area contributed by atoms with Crippen LogP contribution in [0.25, 0.3) is 10.9 Å². The van der Waals surface area contributed by atoms with E-state index in [1.54, 1.807) is 18.0 Å². The fourth-order valence-electron chi connectivity index (χ4n) is 3.19. The number of anilines is 1. The molecule has 1 amide bonds. The smallest absolute Gasteiger partial charge is 0.244 e. The number of benzene rings is 2. The Labute approximate surface area is 168 Å². The van der Waals surface area contributed by atoms with E-state index in [1.807, 2.05) is 66.2 Å². The monoisotopic (exact) mass is 387 g/mol. The van der Waals surface area contributed by atoms with Crippen molar-refractivity contribution < 1.29 is 4.79 Å². The number of thioether (sulfide) groups is 1. The van der Waals surface area contributed by atoms with Crippen molar-refractivity contribution in [2.24, 2.45) is 0 Å². The predicted molar refractivity (Wildman–Crippen MR) is 116 cm³/mol. The van der Waals surface area contributed by atoms with Gasteiger partial charge in [0.15, 0.2) is 0 Å². The summed E-state index contributed by atoms with van der Waals surface area (Å²) in [5.41, 5.74) is 4.17. The van der Waals surface area contributed by atoms with Crippen molar-refractivity contribution in [1.29, 1.82) is 0 Å². The highest BCUT2D eigenvalue weighted by Gasteiger charge is 2.09. The number of hydrogen-bond donors (Lipinski definition) is 1. The number of rotatable bonds is 6. The normalized spacial score (nSPS) is 10.9. The summed E-state index contributed by atoms with van der Waals surface area (Å²) in [5, 5.41) is 4.15. The van der Waals surface area contributed by atoms with Gasteiger partial charge < -0.3 is 9.88 Å². The predicted octanol–water partition coefficient (Wildman–Crippen LogP) is 5.28. The summed E-state index contributed by atoms with van der Waals surface area (Å²) in [7, 11) is 0. The molecule has 0 unspecified atom stereocenters. The van der Waals surface area contributed by atoms with Crippen LogP contribution in [-0.2, 0) is 17.1 Å². The molecule has 0 atom stereocenters. The fraction of sp³-hybridized carbons (Fsp3) is 0.130. The van der Waals surface area contributed by atoms with Gasteiger partial charge in [0.1, 0.15) is 6.54 Å². The van der Waals surface area contributed by atoms with Crippen LogP contribution in [-0.4, -0.2) is 15.5 Å². The molecular formula is C23H21N3OS. The lowest BCUT2D eigenvalue weighted by Crippen LogP contribution is -2.19. The van der Waals surface area contributed by atoms with Gasteiger partial charge in [-0.05, 0) is 60.3 Å². The first-order chi connectivity index (χ1) is 13.7. The van der Waals surface area contributed by atoms with Gasteiger partial charge in [0.25, 0.3) is 0 Å². The SMILES string of the molecule is Cc1cc2ccccc2n1CC(=O)Nc1ccc(SCc2cccnc2)cc1. The largest absolute Gasteiger partial charge is 0.335 e. The molecule has 4 rings (SSSR count). The maximum atomic E-state index is 12.5. The summed E-state index contributed by atoms with van der Waals surface area (Å²) >= 11 is 1.75. The van der Waals surface area contributed by atoms with Gasteiger partial charge in [-0.25, -0.2) is 0 Å². The van der Waals surface area contributed by atoms with Crippen LogP contribution in [0.5, 0.6) is 0 Å². The maximum absolute atomic E-state index is 12.5. The van der Waals surface area contributed by atoms with E-state index in [0.29, 0.717) is 6.54 Å². The van der Waals surface area contributed by atoms with Crippen molar-refractivity contribution in [2.75, 3.05) is 5.32 Å². The number of amides is 1. The van der Waals surface area contributed by atoms with E-state index in [0.717, 1.165) is 32.9 Å². The number of nitrogens with zero attached hydrogens (tertiary/aromatic N) is 2. The van der Waals surface area contributed by atoms with Gasteiger partial charge in [-0.1, -0.05) is 24.3 Å². The summed E-state index contributed by atoms with van der Waals surface area (Å²) in [6.07, 6.45) is 3.66. The number of nitrogens with one attached hydrogen (secondary N) is 1. The van der Waals surface area contributed by atoms with Gasteiger partial charge in [0, 0.05) is 39.9 Å². The summed E-state index contributed by atoms with van der Waals surface area (Å²) in [6.45, 7) is 2.33. The Bertz CT molecular complexity index is 1090. The highest BCUT2D eigenvalue weighted by molar-refractivity contribution is 7.98. The van der Waals surface area contributed by atoms with Crippen LogP contribution in [0.1, 0.15) is 11.3 Å². The van der Waals surface area contributed by atoms with E-state index in [-0.39, 0.29) is 5.91 Å². The molecule has 0 aliphatic rings. The Hall–Kier alpha value is -3.05. The van der Waals surface area contributed by atoms with Crippen molar-refractivity contribution in [3.05, 3.63) is 90.4 Å². The molecule has 2 aromatic carbocycles. The Morgan fingerprint density at radius 2 is 1.89 bits per heavy atom. The average Bonchev–Trinajstić information content (AvgIpc) is 3.03. The van der Waals surface area contributed by atoms with Gasteiger partial charge >= 0.3 is 0 Å². The summed E-state index contributed by atoms with van der Waals surface area (Å²) in [5.74, 6) is 0.847. The highest BCUT2D eigenvalue weighted by Crippen LogP contribution is 2.24. The second-order valence-electron chi connectivity index (χ2n) is 6.65. The first-order valence-electron chi connectivity index (χ1n) is 9.15. The Morgan fingerprint density at radius 3 is 2.68 bits per heavy atom. The van der Waals surface area contributed by atoms with E-state index in [4.69, 9.17) is 0 Å². The Kier molecular flexibility index (Phi) is 5.44. The molecule has 0 aliphatic carbocycles. The molecular weight excluding hydrogens is 366 g/mol. The van der Waals surface area contributed by atoms with Crippen LogP contribution in [0, 0.1) is 6.92 Å². The molecule has 2 aromatic heterocycles. The van der Waals surface area contributed by atoms with Crippen LogP contribution in [0.4, 0.5) is 5.69 Å². The number of fused-ring (bicyclic) bond motifs is 1. The standard InChI is InChI=1S/C23H21N3OS/c1-17-13-19-6-2-3-7-22(19)26(17)15-23(27)25-20-8-10-21(11-9-20)28-16-18-5-4-12-24-14-18/h2-14H,15-16H2,1H3,(H,25,27). The lowest BCUT2D eigenvalue weighted by Gasteiger charge is -2.10. The summed E-state index contributed by atoms with van der Waals surface area (Å²) in [4.78, 5) is 17.8. The third kappa shape index (κ3) is 4.26. The van der Waals surface area contributed by atoms with Crippen LogP contribution in [0.15, 0.2) is 84.0 Å². The second-order valence-corrected chi connectivity index (χ2v) is 7.70. The topological polar surface area (TPSA) is 46.9 Å². The van der Waals surface area contributed by atoms with Crippen LogP contribution in [0.2, 0.25) is 0 Å². The van der Waals surface area contributed by atoms with Crippen LogP contribution in [0.3, 0.4) is 0 Å². The summed E-state index contributed by atoms with van der Waals surface area (Å²) in [6, 6.07) is 22.2. The third-order valence-corrected chi connectivity index (χ3v) is 5.67. The lowest BCUT2D eigenvalue weighted by atomic mass is 10.2. The minimum Gasteiger partial charge on any atom is -0.335 e. The minimum absolute atomic E-state index is 0.0276. The number of hydrogen-bond acceptors (Lipinski definition) is 3. The molecule has 0 spiro atoms. The molecule has 1 N–H and O–H groups in total. The van der Waals surface area contributed by atoms with E-state index in [1.165, 1.54) is 5.56 Å². The molecule has 0 fully saturated rings. The van der Waals surface area contributed by atoms with Crippen molar-refractivity contribution in [3.63, 3.8) is 0 Å². The van der Waals surface area contributed by atoms with Crippen LogP contribution >= 0.6 is 11.8 Å². The number of aryl methyl sites for hydroxylation is 1. The number of para-hydroxylation sites is 1. The molecule has 0 bridgehead atoms. The molecule has 0 saturated carbocycles. The van der Waals surface area contributed by atoms with E-state index < -0.39 is 0 Å². The second kappa shape index (κ2) is 8.31. The molecule has 0 radical (unpaired) electrons. The molecule has 5 heteroatoms.